The summed E-state index contributed by atoms with van der Waals surface area (Å²) >= 11 is 0. The van der Waals surface area contributed by atoms with E-state index < -0.39 is 0 Å². The van der Waals surface area contributed by atoms with E-state index in [1.165, 1.54) is 5.56 Å². The van der Waals surface area contributed by atoms with Crippen molar-refractivity contribution >= 4 is 11.5 Å². The molecule has 0 aromatic carbocycles. The zero-order chi connectivity index (χ0) is 18.0. The van der Waals surface area contributed by atoms with Gasteiger partial charge in [0, 0.05) is 30.8 Å². The molecular formula is C19H19N7O. The molecule has 0 amide bonds. The number of anilines is 1. The molecule has 6 rings (SSSR count). The van der Waals surface area contributed by atoms with E-state index in [0.717, 1.165) is 54.3 Å². The number of aromatic nitrogens is 6. The van der Waals surface area contributed by atoms with E-state index in [9.17, 15) is 0 Å². The number of rotatable bonds is 3. The minimum atomic E-state index is -0.146. The van der Waals surface area contributed by atoms with Gasteiger partial charge in [-0.1, -0.05) is 11.2 Å². The van der Waals surface area contributed by atoms with Gasteiger partial charge < -0.3 is 14.3 Å². The van der Waals surface area contributed by atoms with Crippen LogP contribution in [0.3, 0.4) is 0 Å². The van der Waals surface area contributed by atoms with E-state index in [1.807, 2.05) is 16.8 Å². The number of hydrogen-bond acceptors (Lipinski definition) is 6. The number of fused-ring (bicyclic) bond motifs is 2. The van der Waals surface area contributed by atoms with Crippen molar-refractivity contribution in [2.24, 2.45) is 0 Å². The third-order valence-corrected chi connectivity index (χ3v) is 5.54. The van der Waals surface area contributed by atoms with Gasteiger partial charge >= 0.3 is 6.01 Å². The number of imidazole rings is 1. The van der Waals surface area contributed by atoms with Crippen LogP contribution in [0.5, 0.6) is 0 Å². The average Bonchev–Trinajstić information content (AvgIpc) is 3.11. The third kappa shape index (κ3) is 2.29. The van der Waals surface area contributed by atoms with Crippen LogP contribution in [0.2, 0.25) is 0 Å². The van der Waals surface area contributed by atoms with Crippen LogP contribution in [0.25, 0.3) is 5.52 Å². The molecule has 0 unspecified atom stereocenters. The van der Waals surface area contributed by atoms with Crippen molar-refractivity contribution in [1.82, 2.24) is 29.8 Å². The largest absolute Gasteiger partial charge is 0.408 e. The van der Waals surface area contributed by atoms with Gasteiger partial charge in [-0.3, -0.25) is 0 Å². The molecule has 2 aliphatic rings. The molecule has 0 radical (unpaired) electrons. The van der Waals surface area contributed by atoms with Crippen molar-refractivity contribution in [2.45, 2.75) is 38.1 Å². The van der Waals surface area contributed by atoms with Crippen molar-refractivity contribution < 1.29 is 4.42 Å². The van der Waals surface area contributed by atoms with Gasteiger partial charge in [0.05, 0.1) is 23.2 Å². The summed E-state index contributed by atoms with van der Waals surface area (Å²) in [7, 11) is 0. The molecule has 8 heteroatoms. The van der Waals surface area contributed by atoms with Crippen molar-refractivity contribution in [2.75, 3.05) is 11.4 Å². The number of H-pyrrole nitrogens is 1. The molecule has 4 aromatic heterocycles. The topological polar surface area (TPSA) is 88.1 Å². The standard InChI is InChI=1S/C19H19N7O/c1-11-3-2-7-26-15(11)9-14(24-26)17-16-13(20-10-21-16)6-8-25(17)19-23-22-18(27-19)12-4-5-12/h2-3,7,9-10,12,17H,4-6,8H2,1H3,(H,20,21)/t17-/m0/s1. The summed E-state index contributed by atoms with van der Waals surface area (Å²) < 4.78 is 7.94. The van der Waals surface area contributed by atoms with Crippen LogP contribution in [0.1, 0.15) is 53.3 Å². The van der Waals surface area contributed by atoms with E-state index in [1.54, 1.807) is 6.33 Å². The Morgan fingerprint density at radius 1 is 1.26 bits per heavy atom. The van der Waals surface area contributed by atoms with Crippen molar-refractivity contribution in [1.29, 1.82) is 0 Å². The number of pyridine rings is 1. The van der Waals surface area contributed by atoms with Gasteiger partial charge in [-0.2, -0.15) is 5.10 Å². The Bertz CT molecular complexity index is 1140. The van der Waals surface area contributed by atoms with Crippen LogP contribution in [0.4, 0.5) is 6.01 Å². The predicted molar refractivity (Wildman–Crippen MR) is 97.7 cm³/mol. The van der Waals surface area contributed by atoms with E-state index >= 15 is 0 Å². The molecule has 1 saturated carbocycles. The molecule has 1 fully saturated rings. The lowest BCUT2D eigenvalue weighted by Crippen LogP contribution is -2.36. The second-order valence-electron chi connectivity index (χ2n) is 7.40. The summed E-state index contributed by atoms with van der Waals surface area (Å²) in [5.41, 5.74) is 5.35. The van der Waals surface area contributed by atoms with Crippen LogP contribution in [-0.2, 0) is 6.42 Å². The number of aryl methyl sites for hydroxylation is 1. The van der Waals surface area contributed by atoms with Crippen LogP contribution in [0, 0.1) is 6.92 Å². The highest BCUT2D eigenvalue weighted by atomic mass is 16.4. The van der Waals surface area contributed by atoms with E-state index in [-0.39, 0.29) is 6.04 Å². The Morgan fingerprint density at radius 2 is 2.19 bits per heavy atom. The zero-order valence-electron chi connectivity index (χ0n) is 15.0. The van der Waals surface area contributed by atoms with Gasteiger partial charge in [0.15, 0.2) is 0 Å². The first-order valence-electron chi connectivity index (χ1n) is 9.35. The minimum absolute atomic E-state index is 0.146. The highest BCUT2D eigenvalue weighted by Gasteiger charge is 2.37. The first-order valence-corrected chi connectivity index (χ1v) is 9.35. The van der Waals surface area contributed by atoms with Gasteiger partial charge in [-0.05, 0) is 37.5 Å². The molecule has 1 aliphatic heterocycles. The van der Waals surface area contributed by atoms with E-state index in [4.69, 9.17) is 9.52 Å². The molecule has 136 valence electrons. The molecule has 5 heterocycles. The molecule has 1 N–H and O–H groups in total. The maximum atomic E-state index is 6.02. The highest BCUT2D eigenvalue weighted by molar-refractivity contribution is 5.57. The second-order valence-corrected chi connectivity index (χ2v) is 7.40. The monoisotopic (exact) mass is 361 g/mol. The lowest BCUT2D eigenvalue weighted by atomic mass is 10.00. The predicted octanol–water partition coefficient (Wildman–Crippen LogP) is 2.78. The SMILES string of the molecule is Cc1cccn2nc([C@H]3c4nc[nH]c4CCN3c3nnc(C4CC4)o3)cc12. The fourth-order valence-electron chi connectivity index (χ4n) is 3.93. The van der Waals surface area contributed by atoms with Crippen molar-refractivity contribution in [3.63, 3.8) is 0 Å². The molecule has 1 atom stereocenters. The maximum Gasteiger partial charge on any atom is 0.319 e. The molecule has 0 spiro atoms. The summed E-state index contributed by atoms with van der Waals surface area (Å²) in [6, 6.07) is 6.66. The molecule has 0 bridgehead atoms. The fraction of sp³-hybridized carbons (Fsp3) is 0.368. The summed E-state index contributed by atoms with van der Waals surface area (Å²) in [6.45, 7) is 2.87. The van der Waals surface area contributed by atoms with Crippen LogP contribution >= 0.6 is 0 Å². The van der Waals surface area contributed by atoms with Crippen LogP contribution in [-0.4, -0.2) is 36.3 Å². The Balaban J connectivity index is 1.49. The first kappa shape index (κ1) is 15.0. The number of hydrogen-bond donors (Lipinski definition) is 1. The fourth-order valence-corrected chi connectivity index (χ4v) is 3.93. The average molecular weight is 361 g/mol. The summed E-state index contributed by atoms with van der Waals surface area (Å²) in [5.74, 6) is 1.19. The lowest BCUT2D eigenvalue weighted by Gasteiger charge is -2.32. The summed E-state index contributed by atoms with van der Waals surface area (Å²) in [6.07, 6.45) is 6.87. The number of nitrogens with one attached hydrogen (secondary N) is 1. The van der Waals surface area contributed by atoms with Gasteiger partial charge in [0.25, 0.3) is 0 Å². The summed E-state index contributed by atoms with van der Waals surface area (Å²) in [4.78, 5) is 10.0. The normalized spacial score (nSPS) is 19.6. The third-order valence-electron chi connectivity index (χ3n) is 5.54. The quantitative estimate of drug-likeness (QED) is 0.604. The first-order chi connectivity index (χ1) is 13.3. The highest BCUT2D eigenvalue weighted by Crippen LogP contribution is 2.42. The molecule has 4 aromatic rings. The Morgan fingerprint density at radius 3 is 3.04 bits per heavy atom. The van der Waals surface area contributed by atoms with Gasteiger partial charge in [-0.15, -0.1) is 5.10 Å². The summed E-state index contributed by atoms with van der Waals surface area (Å²) in [5, 5.41) is 13.4. The van der Waals surface area contributed by atoms with E-state index in [2.05, 4.69) is 44.1 Å². The molecular weight excluding hydrogens is 342 g/mol. The number of aromatic amines is 1. The van der Waals surface area contributed by atoms with E-state index in [0.29, 0.717) is 11.9 Å². The second kappa shape index (κ2) is 5.42. The molecule has 27 heavy (non-hydrogen) atoms. The van der Waals surface area contributed by atoms with Gasteiger partial charge in [0.1, 0.15) is 6.04 Å². The minimum Gasteiger partial charge on any atom is -0.408 e. The molecule has 1 aliphatic carbocycles. The Kier molecular flexibility index (Phi) is 3.00. The van der Waals surface area contributed by atoms with Crippen LogP contribution < -0.4 is 4.90 Å². The Hall–Kier alpha value is -3.16. The number of nitrogens with zero attached hydrogens (tertiary/aromatic N) is 6. The lowest BCUT2D eigenvalue weighted by molar-refractivity contribution is 0.463. The molecule has 0 saturated heterocycles. The maximum absolute atomic E-state index is 6.02. The van der Waals surface area contributed by atoms with Gasteiger partial charge in [0.2, 0.25) is 5.89 Å². The van der Waals surface area contributed by atoms with Crippen molar-refractivity contribution in [3.05, 3.63) is 59.3 Å². The molecule has 8 nitrogen and oxygen atoms in total. The smallest absolute Gasteiger partial charge is 0.319 e. The van der Waals surface area contributed by atoms with Crippen molar-refractivity contribution in [3.8, 4) is 0 Å². The van der Waals surface area contributed by atoms with Gasteiger partial charge in [-0.25, -0.2) is 9.50 Å². The zero-order valence-corrected chi connectivity index (χ0v) is 15.0. The Labute approximate surface area is 155 Å². The van der Waals surface area contributed by atoms with Crippen LogP contribution in [0.15, 0.2) is 35.1 Å².